The minimum atomic E-state index is -1.04. The van der Waals surface area contributed by atoms with E-state index in [1.807, 2.05) is 18.3 Å². The molecule has 2 aromatic heterocycles. The minimum absolute atomic E-state index is 0.0138. The number of anilines is 1. The number of nitrogens with zero attached hydrogens (tertiary/aromatic N) is 4. The molecule has 1 aromatic carbocycles. The van der Waals surface area contributed by atoms with Gasteiger partial charge in [0.1, 0.15) is 11.6 Å². The average Bonchev–Trinajstić information content (AvgIpc) is 3.55. The number of halogens is 1. The maximum absolute atomic E-state index is 13.2. The normalized spacial score (nSPS) is 21.2. The number of rotatable bonds is 7. The predicted octanol–water partition coefficient (Wildman–Crippen LogP) is 3.62. The Labute approximate surface area is 201 Å². The zero-order valence-corrected chi connectivity index (χ0v) is 19.0. The van der Waals surface area contributed by atoms with Crippen molar-refractivity contribution in [2.24, 2.45) is 23.5 Å². The Balaban J connectivity index is 1.16. The highest BCUT2D eigenvalue weighted by Gasteiger charge is 2.42. The molecule has 9 nitrogen and oxygen atoms in total. The molecule has 3 aromatic rings. The summed E-state index contributed by atoms with van der Waals surface area (Å²) in [5.41, 5.74) is 7.03. The number of amides is 2. The van der Waals surface area contributed by atoms with Crippen molar-refractivity contribution in [1.82, 2.24) is 15.0 Å². The molecule has 1 unspecified atom stereocenters. The van der Waals surface area contributed by atoms with Crippen LogP contribution in [0.2, 0.25) is 0 Å². The van der Waals surface area contributed by atoms with Crippen molar-refractivity contribution in [2.45, 2.75) is 19.4 Å². The molecule has 5 rings (SSSR count). The molecule has 0 radical (unpaired) electrons. The molecule has 3 heterocycles. The Morgan fingerprint density at radius 1 is 1.11 bits per heavy atom. The number of primary amides is 1. The van der Waals surface area contributed by atoms with Crippen LogP contribution in [0.15, 0.2) is 53.2 Å². The van der Waals surface area contributed by atoms with Crippen molar-refractivity contribution in [3.8, 4) is 11.1 Å². The summed E-state index contributed by atoms with van der Waals surface area (Å²) >= 11 is 0. The van der Waals surface area contributed by atoms with Crippen molar-refractivity contribution in [1.29, 1.82) is 0 Å². The van der Waals surface area contributed by atoms with Gasteiger partial charge in [-0.1, -0.05) is 17.3 Å². The second-order valence-corrected chi connectivity index (χ2v) is 9.38. The Kier molecular flexibility index (Phi) is 6.10. The van der Waals surface area contributed by atoms with E-state index in [2.05, 4.69) is 15.0 Å². The lowest BCUT2D eigenvalue weighted by Crippen LogP contribution is -2.33. The Morgan fingerprint density at radius 2 is 1.80 bits per heavy atom. The van der Waals surface area contributed by atoms with Crippen LogP contribution in [-0.2, 0) is 6.54 Å². The lowest BCUT2D eigenvalue weighted by molar-refractivity contribution is 0.0990. The summed E-state index contributed by atoms with van der Waals surface area (Å²) in [6, 6.07) is 11.8. The van der Waals surface area contributed by atoms with E-state index in [1.165, 1.54) is 23.1 Å². The van der Waals surface area contributed by atoms with E-state index < -0.39 is 12.0 Å². The number of hydrogen-bond donors (Lipinski definition) is 2. The molecule has 3 atom stereocenters. The fourth-order valence-electron chi connectivity index (χ4n) is 5.36. The van der Waals surface area contributed by atoms with Gasteiger partial charge in [0, 0.05) is 37.5 Å². The zero-order chi connectivity index (χ0) is 24.5. The van der Waals surface area contributed by atoms with Gasteiger partial charge in [0.15, 0.2) is 11.5 Å². The van der Waals surface area contributed by atoms with Crippen LogP contribution in [0.4, 0.5) is 15.0 Å². The van der Waals surface area contributed by atoms with Crippen LogP contribution < -0.4 is 10.6 Å². The van der Waals surface area contributed by atoms with Crippen LogP contribution in [-0.4, -0.2) is 51.8 Å². The lowest BCUT2D eigenvalue weighted by atomic mass is 10.0. The molecule has 1 saturated heterocycles. The first-order valence-corrected chi connectivity index (χ1v) is 11.6. The van der Waals surface area contributed by atoms with Gasteiger partial charge in [0.2, 0.25) is 0 Å². The van der Waals surface area contributed by atoms with Gasteiger partial charge < -0.3 is 25.2 Å². The summed E-state index contributed by atoms with van der Waals surface area (Å²) in [4.78, 5) is 31.2. The van der Waals surface area contributed by atoms with Gasteiger partial charge in [0.25, 0.3) is 5.91 Å². The molecule has 2 fully saturated rings. The molecule has 3 N–H and O–H groups in total. The highest BCUT2D eigenvalue weighted by atomic mass is 19.1. The van der Waals surface area contributed by atoms with Crippen LogP contribution in [0.25, 0.3) is 11.1 Å². The van der Waals surface area contributed by atoms with Crippen molar-refractivity contribution in [3.05, 3.63) is 65.9 Å². The molecule has 182 valence electrons. The first-order chi connectivity index (χ1) is 16.9. The third-order valence-electron chi connectivity index (χ3n) is 7.01. The fraction of sp³-hybridized carbons (Fsp3) is 0.360. The molecular weight excluding hydrogens is 453 g/mol. The lowest BCUT2D eigenvalue weighted by Gasteiger charge is -2.24. The standard InChI is InChI=1S/C25H26FN5O4/c26-20-4-1-16(2-5-20)17-3-6-23(28-10-17)30-12-18-7-15(8-19(18)13-30)11-31(25(33)34)14-21-9-22(24(27)32)29-35-21/h1-6,9-10,15,18-19H,7-8,11-14H2,(H2,27,32)(H,33,34)/t15?,18-,19+. The molecule has 1 saturated carbocycles. The van der Waals surface area contributed by atoms with Crippen LogP contribution in [0.1, 0.15) is 29.1 Å². The number of carbonyl (C=O) groups is 2. The van der Waals surface area contributed by atoms with E-state index in [0.717, 1.165) is 42.9 Å². The van der Waals surface area contributed by atoms with Gasteiger partial charge in [-0.2, -0.15) is 0 Å². The second kappa shape index (κ2) is 9.36. The maximum atomic E-state index is 13.2. The number of pyridine rings is 1. The Bertz CT molecular complexity index is 1200. The Morgan fingerprint density at radius 3 is 2.37 bits per heavy atom. The minimum Gasteiger partial charge on any atom is -0.465 e. The van der Waals surface area contributed by atoms with Gasteiger partial charge >= 0.3 is 6.09 Å². The molecule has 0 spiro atoms. The average molecular weight is 480 g/mol. The predicted molar refractivity (Wildman–Crippen MR) is 125 cm³/mol. The van der Waals surface area contributed by atoms with E-state index in [4.69, 9.17) is 10.3 Å². The Hall–Kier alpha value is -3.95. The molecule has 2 aliphatic rings. The van der Waals surface area contributed by atoms with Gasteiger partial charge in [-0.05, 0) is 60.4 Å². The molecule has 35 heavy (non-hydrogen) atoms. The molecule has 1 aliphatic heterocycles. The van der Waals surface area contributed by atoms with E-state index in [0.29, 0.717) is 24.1 Å². The number of benzene rings is 1. The SMILES string of the molecule is NC(=O)c1cc(CN(CC2C[C@@H]3CN(c4ccc(-c5ccc(F)cc5)cn4)C[C@@H]3C2)C(=O)O)on1. The highest BCUT2D eigenvalue weighted by Crippen LogP contribution is 2.43. The maximum Gasteiger partial charge on any atom is 0.407 e. The van der Waals surface area contributed by atoms with Gasteiger partial charge in [-0.3, -0.25) is 4.79 Å². The first-order valence-electron chi connectivity index (χ1n) is 11.6. The third kappa shape index (κ3) is 4.96. The fourth-order valence-corrected chi connectivity index (χ4v) is 5.36. The quantitative estimate of drug-likeness (QED) is 0.530. The van der Waals surface area contributed by atoms with Gasteiger partial charge in [-0.25, -0.2) is 14.2 Å². The van der Waals surface area contributed by atoms with Crippen LogP contribution in [0.3, 0.4) is 0 Å². The first kappa shape index (κ1) is 22.8. The molecule has 2 amide bonds. The van der Waals surface area contributed by atoms with Gasteiger partial charge in [0.05, 0.1) is 6.54 Å². The van der Waals surface area contributed by atoms with Crippen molar-refractivity contribution < 1.29 is 23.6 Å². The van der Waals surface area contributed by atoms with E-state index in [9.17, 15) is 19.1 Å². The summed E-state index contributed by atoms with van der Waals surface area (Å²) in [6.07, 6.45) is 2.67. The summed E-state index contributed by atoms with van der Waals surface area (Å²) in [6.45, 7) is 2.21. The summed E-state index contributed by atoms with van der Waals surface area (Å²) in [5, 5.41) is 13.2. The van der Waals surface area contributed by atoms with Crippen LogP contribution >= 0.6 is 0 Å². The molecule has 0 bridgehead atoms. The number of fused-ring (bicyclic) bond motifs is 1. The van der Waals surface area contributed by atoms with E-state index in [1.54, 1.807) is 12.1 Å². The van der Waals surface area contributed by atoms with Crippen molar-refractivity contribution >= 4 is 17.8 Å². The highest BCUT2D eigenvalue weighted by molar-refractivity contribution is 5.90. The largest absolute Gasteiger partial charge is 0.465 e. The second-order valence-electron chi connectivity index (χ2n) is 9.38. The number of aromatic nitrogens is 2. The van der Waals surface area contributed by atoms with Crippen molar-refractivity contribution in [3.63, 3.8) is 0 Å². The van der Waals surface area contributed by atoms with Gasteiger partial charge in [-0.15, -0.1) is 0 Å². The molecule has 10 heteroatoms. The van der Waals surface area contributed by atoms with E-state index in [-0.39, 0.29) is 24.0 Å². The number of carbonyl (C=O) groups excluding carboxylic acids is 1. The van der Waals surface area contributed by atoms with E-state index >= 15 is 0 Å². The number of nitrogens with two attached hydrogens (primary N) is 1. The smallest absolute Gasteiger partial charge is 0.407 e. The monoisotopic (exact) mass is 479 g/mol. The van der Waals surface area contributed by atoms with Crippen LogP contribution in [0.5, 0.6) is 0 Å². The molecular formula is C25H26FN5O4. The van der Waals surface area contributed by atoms with Crippen molar-refractivity contribution in [2.75, 3.05) is 24.5 Å². The number of carboxylic acid groups (broad SMARTS) is 1. The topological polar surface area (TPSA) is 126 Å². The van der Waals surface area contributed by atoms with Crippen LogP contribution in [0, 0.1) is 23.6 Å². The summed E-state index contributed by atoms with van der Waals surface area (Å²) < 4.78 is 18.2. The molecule has 1 aliphatic carbocycles. The third-order valence-corrected chi connectivity index (χ3v) is 7.01. The number of hydrogen-bond acceptors (Lipinski definition) is 6. The summed E-state index contributed by atoms with van der Waals surface area (Å²) in [5.74, 6) is 1.47. The zero-order valence-electron chi connectivity index (χ0n) is 19.0. The summed E-state index contributed by atoms with van der Waals surface area (Å²) in [7, 11) is 0.